The normalized spacial score (nSPS) is 18.7. The third kappa shape index (κ3) is 3.74. The molecule has 0 radical (unpaired) electrons. The van der Waals surface area contributed by atoms with Crippen LogP contribution in [0, 0.1) is 6.92 Å². The lowest BCUT2D eigenvalue weighted by Gasteiger charge is -2.19. The number of hydrogen-bond donors (Lipinski definition) is 1. The molecule has 1 aromatic heterocycles. The molecule has 1 aliphatic rings. The maximum Gasteiger partial charge on any atom is 0.279 e. The summed E-state index contributed by atoms with van der Waals surface area (Å²) in [4.78, 5) is 4.25. The molecule has 0 bridgehead atoms. The van der Waals surface area contributed by atoms with Gasteiger partial charge in [-0.25, -0.2) is 4.98 Å². The summed E-state index contributed by atoms with van der Waals surface area (Å²) in [6.07, 6.45) is 4.16. The summed E-state index contributed by atoms with van der Waals surface area (Å²) in [6, 6.07) is 0. The van der Waals surface area contributed by atoms with Crippen molar-refractivity contribution < 1.29 is 8.42 Å². The molecular formula is C11H19N3O2S2. The number of nitrogens with one attached hydrogen (secondary N) is 1. The summed E-state index contributed by atoms with van der Waals surface area (Å²) in [5.41, 5.74) is 0.934. The third-order valence-electron chi connectivity index (χ3n) is 2.98. The van der Waals surface area contributed by atoms with Crippen molar-refractivity contribution in [2.45, 2.75) is 39.2 Å². The van der Waals surface area contributed by atoms with Gasteiger partial charge in [-0.2, -0.15) is 17.4 Å². The topological polar surface area (TPSA) is 62.3 Å². The highest BCUT2D eigenvalue weighted by molar-refractivity contribution is 7.87. The fourth-order valence-electron chi connectivity index (χ4n) is 2.01. The van der Waals surface area contributed by atoms with Crippen molar-refractivity contribution in [2.75, 3.05) is 13.1 Å². The standard InChI is InChI=1S/C11H19N3O2S2/c1-10-9-17-11(13-10)8-12-18(15,16)14-6-4-2-3-5-7-14/h9,12H,2-8H2,1H3. The Morgan fingerprint density at radius 1 is 1.33 bits per heavy atom. The highest BCUT2D eigenvalue weighted by Crippen LogP contribution is 2.13. The predicted molar refractivity (Wildman–Crippen MR) is 72.7 cm³/mol. The summed E-state index contributed by atoms with van der Waals surface area (Å²) < 4.78 is 28.4. The molecule has 2 rings (SSSR count). The maximum absolute atomic E-state index is 12.1. The fourth-order valence-corrected chi connectivity index (χ4v) is 4.05. The predicted octanol–water partition coefficient (Wildman–Crippen LogP) is 1.66. The lowest BCUT2D eigenvalue weighted by molar-refractivity contribution is 0.414. The first-order chi connectivity index (χ1) is 8.58. The van der Waals surface area contributed by atoms with Gasteiger partial charge in [-0.3, -0.25) is 0 Å². The van der Waals surface area contributed by atoms with Crippen LogP contribution < -0.4 is 4.72 Å². The Hall–Kier alpha value is -0.500. The van der Waals surface area contributed by atoms with E-state index < -0.39 is 10.2 Å². The Bertz CT molecular complexity index is 476. The highest BCUT2D eigenvalue weighted by atomic mass is 32.2. The van der Waals surface area contributed by atoms with Crippen LogP contribution in [0.4, 0.5) is 0 Å². The molecule has 2 heterocycles. The van der Waals surface area contributed by atoms with Gasteiger partial charge in [0.05, 0.1) is 6.54 Å². The zero-order chi connectivity index (χ0) is 13.0. The molecule has 1 aromatic rings. The van der Waals surface area contributed by atoms with Gasteiger partial charge in [0, 0.05) is 24.2 Å². The second-order valence-corrected chi connectivity index (χ2v) is 7.22. The molecule has 5 nitrogen and oxygen atoms in total. The summed E-state index contributed by atoms with van der Waals surface area (Å²) >= 11 is 1.48. The first-order valence-electron chi connectivity index (χ1n) is 6.24. The van der Waals surface area contributed by atoms with E-state index in [0.29, 0.717) is 13.1 Å². The SMILES string of the molecule is Cc1csc(CNS(=O)(=O)N2CCCCCC2)n1. The molecule has 0 aliphatic carbocycles. The number of aryl methyl sites for hydroxylation is 1. The quantitative estimate of drug-likeness (QED) is 0.917. The monoisotopic (exact) mass is 289 g/mol. The minimum Gasteiger partial charge on any atom is -0.245 e. The van der Waals surface area contributed by atoms with E-state index in [-0.39, 0.29) is 6.54 Å². The van der Waals surface area contributed by atoms with Crippen LogP contribution >= 0.6 is 11.3 Å². The Morgan fingerprint density at radius 3 is 2.56 bits per heavy atom. The van der Waals surface area contributed by atoms with Gasteiger partial charge in [-0.15, -0.1) is 11.3 Å². The van der Waals surface area contributed by atoms with E-state index in [1.807, 2.05) is 12.3 Å². The van der Waals surface area contributed by atoms with Gasteiger partial charge < -0.3 is 0 Å². The van der Waals surface area contributed by atoms with Crippen LogP contribution in [0.2, 0.25) is 0 Å². The van der Waals surface area contributed by atoms with Gasteiger partial charge in [-0.05, 0) is 19.8 Å². The minimum absolute atomic E-state index is 0.289. The van der Waals surface area contributed by atoms with Crippen LogP contribution in [0.15, 0.2) is 5.38 Å². The Kier molecular flexibility index (Phi) is 4.71. The second kappa shape index (κ2) is 6.10. The average molecular weight is 289 g/mol. The molecule has 0 amide bonds. The lowest BCUT2D eigenvalue weighted by Crippen LogP contribution is -2.40. The van der Waals surface area contributed by atoms with Gasteiger partial charge in [0.2, 0.25) is 0 Å². The van der Waals surface area contributed by atoms with Crippen molar-refractivity contribution in [3.05, 3.63) is 16.1 Å². The van der Waals surface area contributed by atoms with E-state index in [4.69, 9.17) is 0 Å². The fraction of sp³-hybridized carbons (Fsp3) is 0.727. The van der Waals surface area contributed by atoms with E-state index in [9.17, 15) is 8.42 Å². The number of thiazole rings is 1. The van der Waals surface area contributed by atoms with Gasteiger partial charge in [0.15, 0.2) is 0 Å². The minimum atomic E-state index is -3.35. The summed E-state index contributed by atoms with van der Waals surface area (Å²) in [5.74, 6) is 0. The molecule has 102 valence electrons. The zero-order valence-electron chi connectivity index (χ0n) is 10.6. The summed E-state index contributed by atoms with van der Waals surface area (Å²) in [5, 5.41) is 2.74. The van der Waals surface area contributed by atoms with E-state index in [1.54, 1.807) is 4.31 Å². The average Bonchev–Trinajstić information content (AvgIpc) is 2.59. The molecule has 7 heteroatoms. The van der Waals surface area contributed by atoms with Gasteiger partial charge >= 0.3 is 0 Å². The van der Waals surface area contributed by atoms with E-state index in [2.05, 4.69) is 9.71 Å². The first kappa shape index (κ1) is 13.9. The molecule has 18 heavy (non-hydrogen) atoms. The Morgan fingerprint density at radius 2 is 2.00 bits per heavy atom. The van der Waals surface area contributed by atoms with Crippen LogP contribution in [0.3, 0.4) is 0 Å². The summed E-state index contributed by atoms with van der Waals surface area (Å²) in [7, 11) is -3.35. The maximum atomic E-state index is 12.1. The third-order valence-corrected chi connectivity index (χ3v) is 5.50. The van der Waals surface area contributed by atoms with Crippen LogP contribution in [-0.4, -0.2) is 30.8 Å². The van der Waals surface area contributed by atoms with Crippen LogP contribution in [0.5, 0.6) is 0 Å². The Labute approximate surface area is 112 Å². The largest absolute Gasteiger partial charge is 0.279 e. The van der Waals surface area contributed by atoms with Crippen LogP contribution in [0.25, 0.3) is 0 Å². The summed E-state index contributed by atoms with van der Waals surface area (Å²) in [6.45, 7) is 3.46. The van der Waals surface area contributed by atoms with Crippen molar-refractivity contribution in [3.63, 3.8) is 0 Å². The molecule has 1 aliphatic heterocycles. The molecule has 1 saturated heterocycles. The smallest absolute Gasteiger partial charge is 0.245 e. The molecule has 0 atom stereocenters. The van der Waals surface area contributed by atoms with Crippen LogP contribution in [0.1, 0.15) is 36.4 Å². The van der Waals surface area contributed by atoms with Gasteiger partial charge in [-0.1, -0.05) is 12.8 Å². The van der Waals surface area contributed by atoms with E-state index in [0.717, 1.165) is 36.4 Å². The van der Waals surface area contributed by atoms with Crippen molar-refractivity contribution in [1.82, 2.24) is 14.0 Å². The molecule has 0 unspecified atom stereocenters. The van der Waals surface area contributed by atoms with Crippen molar-refractivity contribution in [3.8, 4) is 0 Å². The number of aromatic nitrogens is 1. The zero-order valence-corrected chi connectivity index (χ0v) is 12.2. The first-order valence-corrected chi connectivity index (χ1v) is 8.56. The molecule has 0 saturated carbocycles. The molecule has 1 fully saturated rings. The number of hydrogen-bond acceptors (Lipinski definition) is 4. The molecule has 0 aromatic carbocycles. The van der Waals surface area contributed by atoms with Gasteiger partial charge in [0.25, 0.3) is 10.2 Å². The van der Waals surface area contributed by atoms with E-state index >= 15 is 0 Å². The van der Waals surface area contributed by atoms with Crippen molar-refractivity contribution in [1.29, 1.82) is 0 Å². The van der Waals surface area contributed by atoms with E-state index in [1.165, 1.54) is 11.3 Å². The second-order valence-electron chi connectivity index (χ2n) is 4.52. The highest BCUT2D eigenvalue weighted by Gasteiger charge is 2.22. The molecular weight excluding hydrogens is 270 g/mol. The van der Waals surface area contributed by atoms with Crippen LogP contribution in [-0.2, 0) is 16.8 Å². The Balaban J connectivity index is 1.93. The number of rotatable bonds is 4. The number of nitrogens with zero attached hydrogens (tertiary/aromatic N) is 2. The molecule has 0 spiro atoms. The molecule has 1 N–H and O–H groups in total. The lowest BCUT2D eigenvalue weighted by atomic mass is 10.2. The van der Waals surface area contributed by atoms with Crippen molar-refractivity contribution in [2.24, 2.45) is 0 Å². The van der Waals surface area contributed by atoms with Crippen molar-refractivity contribution >= 4 is 21.5 Å². The van der Waals surface area contributed by atoms with Gasteiger partial charge in [0.1, 0.15) is 5.01 Å².